The fourth-order valence-electron chi connectivity index (χ4n) is 2.05. The Morgan fingerprint density at radius 2 is 1.84 bits per heavy atom. The van der Waals surface area contributed by atoms with Crippen molar-refractivity contribution >= 4 is 23.2 Å². The van der Waals surface area contributed by atoms with Crippen LogP contribution in [0.2, 0.25) is 10.0 Å². The minimum absolute atomic E-state index is 0.751. The molecular weight excluding hydrogens is 279 g/mol. The molecule has 0 saturated heterocycles. The summed E-state index contributed by atoms with van der Waals surface area (Å²) < 4.78 is 0. The molecule has 0 unspecified atom stereocenters. The van der Waals surface area contributed by atoms with Crippen LogP contribution in [0, 0.1) is 0 Å². The Morgan fingerprint density at radius 3 is 2.53 bits per heavy atom. The lowest BCUT2D eigenvalue weighted by molar-refractivity contribution is 0.298. The molecule has 0 aliphatic carbocycles. The van der Waals surface area contributed by atoms with Crippen molar-refractivity contribution < 1.29 is 0 Å². The number of nitrogens with zero attached hydrogens (tertiary/aromatic N) is 1. The number of hydrogen-bond donors (Lipinski definition) is 1. The summed E-state index contributed by atoms with van der Waals surface area (Å²) in [6, 6.07) is 5.63. The Morgan fingerprint density at radius 1 is 1.11 bits per heavy atom. The van der Waals surface area contributed by atoms with E-state index in [0.717, 1.165) is 54.8 Å². The first-order chi connectivity index (χ1) is 9.17. The van der Waals surface area contributed by atoms with Crippen molar-refractivity contribution in [1.82, 2.24) is 10.2 Å². The van der Waals surface area contributed by atoms with Crippen LogP contribution >= 0.6 is 23.2 Å². The summed E-state index contributed by atoms with van der Waals surface area (Å²) in [4.78, 5) is 2.44. The molecule has 4 heteroatoms. The van der Waals surface area contributed by atoms with Crippen molar-refractivity contribution in [1.29, 1.82) is 0 Å². The third-order valence-corrected chi connectivity index (χ3v) is 3.91. The van der Waals surface area contributed by atoms with E-state index < -0.39 is 0 Å². The highest BCUT2D eigenvalue weighted by Gasteiger charge is 2.01. The molecule has 0 fully saturated rings. The van der Waals surface area contributed by atoms with E-state index in [2.05, 4.69) is 24.1 Å². The van der Waals surface area contributed by atoms with E-state index in [0.29, 0.717) is 0 Å². The van der Waals surface area contributed by atoms with Gasteiger partial charge in [0.1, 0.15) is 0 Å². The van der Waals surface area contributed by atoms with Gasteiger partial charge in [0.25, 0.3) is 0 Å². The molecule has 19 heavy (non-hydrogen) atoms. The van der Waals surface area contributed by atoms with Crippen LogP contribution < -0.4 is 5.32 Å². The Kier molecular flexibility index (Phi) is 8.47. The number of rotatable bonds is 9. The quantitative estimate of drug-likeness (QED) is 0.697. The normalized spacial score (nSPS) is 11.2. The van der Waals surface area contributed by atoms with Gasteiger partial charge in [-0.2, -0.15) is 0 Å². The van der Waals surface area contributed by atoms with E-state index in [-0.39, 0.29) is 0 Å². The van der Waals surface area contributed by atoms with Crippen LogP contribution in [0.1, 0.15) is 25.8 Å². The number of hydrogen-bond acceptors (Lipinski definition) is 2. The first-order valence-electron chi connectivity index (χ1n) is 7.04. The van der Waals surface area contributed by atoms with Crippen molar-refractivity contribution in [2.75, 3.05) is 32.7 Å². The average Bonchev–Trinajstić information content (AvgIpc) is 2.42. The topological polar surface area (TPSA) is 15.3 Å². The average molecular weight is 303 g/mol. The van der Waals surface area contributed by atoms with Gasteiger partial charge in [-0.15, -0.1) is 0 Å². The lowest BCUT2D eigenvalue weighted by Crippen LogP contribution is -2.27. The SMILES string of the molecule is CCN(CC)CCCNCCc1cc(Cl)ccc1Cl. The maximum absolute atomic E-state index is 6.12. The van der Waals surface area contributed by atoms with Gasteiger partial charge in [-0.1, -0.05) is 37.0 Å². The van der Waals surface area contributed by atoms with E-state index in [1.54, 1.807) is 0 Å². The van der Waals surface area contributed by atoms with E-state index in [4.69, 9.17) is 23.2 Å². The monoisotopic (exact) mass is 302 g/mol. The lowest BCUT2D eigenvalue weighted by atomic mass is 10.1. The van der Waals surface area contributed by atoms with Crippen molar-refractivity contribution in [2.24, 2.45) is 0 Å². The lowest BCUT2D eigenvalue weighted by Gasteiger charge is -2.17. The zero-order chi connectivity index (χ0) is 14.1. The standard InChI is InChI=1S/C15H24Cl2N2/c1-3-19(4-2)11-5-9-18-10-8-13-12-14(16)6-7-15(13)17/h6-7,12,18H,3-5,8-11H2,1-2H3. The van der Waals surface area contributed by atoms with Crippen LogP contribution in [0.4, 0.5) is 0 Å². The highest BCUT2D eigenvalue weighted by atomic mass is 35.5. The molecule has 0 aliphatic rings. The molecule has 1 aromatic rings. The Bertz CT molecular complexity index is 365. The van der Waals surface area contributed by atoms with Gasteiger partial charge >= 0.3 is 0 Å². The van der Waals surface area contributed by atoms with Crippen LogP contribution in [-0.4, -0.2) is 37.6 Å². The predicted octanol–water partition coefficient (Wildman–Crippen LogP) is 3.86. The molecule has 0 aromatic heterocycles. The van der Waals surface area contributed by atoms with E-state index in [1.807, 2.05) is 18.2 Å². The van der Waals surface area contributed by atoms with Gasteiger partial charge in [-0.3, -0.25) is 0 Å². The molecule has 0 amide bonds. The second kappa shape index (κ2) is 9.60. The van der Waals surface area contributed by atoms with Crippen molar-refractivity contribution in [3.05, 3.63) is 33.8 Å². The van der Waals surface area contributed by atoms with Crippen molar-refractivity contribution in [3.8, 4) is 0 Å². The van der Waals surface area contributed by atoms with E-state index in [1.165, 1.54) is 6.42 Å². The van der Waals surface area contributed by atoms with E-state index >= 15 is 0 Å². The smallest absolute Gasteiger partial charge is 0.0439 e. The molecule has 0 radical (unpaired) electrons. The maximum atomic E-state index is 6.12. The van der Waals surface area contributed by atoms with Crippen LogP contribution in [0.3, 0.4) is 0 Å². The molecule has 1 rings (SSSR count). The third-order valence-electron chi connectivity index (χ3n) is 3.30. The maximum Gasteiger partial charge on any atom is 0.0439 e. The highest BCUT2D eigenvalue weighted by molar-refractivity contribution is 6.33. The van der Waals surface area contributed by atoms with E-state index in [9.17, 15) is 0 Å². The summed E-state index contributed by atoms with van der Waals surface area (Å²) in [5, 5.41) is 5.01. The summed E-state index contributed by atoms with van der Waals surface area (Å²) in [5.74, 6) is 0. The van der Waals surface area contributed by atoms with Gasteiger partial charge in [-0.05, 0) is 69.3 Å². The Hall–Kier alpha value is -0.280. The summed E-state index contributed by atoms with van der Waals surface area (Å²) >= 11 is 12.1. The molecule has 0 bridgehead atoms. The molecule has 1 N–H and O–H groups in total. The second-order valence-corrected chi connectivity index (χ2v) is 5.46. The Balaban J connectivity index is 2.15. The first-order valence-corrected chi connectivity index (χ1v) is 7.80. The largest absolute Gasteiger partial charge is 0.316 e. The molecule has 0 spiro atoms. The first kappa shape index (κ1) is 16.8. The number of nitrogens with one attached hydrogen (secondary N) is 1. The highest BCUT2D eigenvalue weighted by Crippen LogP contribution is 2.20. The molecule has 2 nitrogen and oxygen atoms in total. The minimum atomic E-state index is 0.751. The molecular formula is C15H24Cl2N2. The van der Waals surface area contributed by atoms with Gasteiger partial charge in [-0.25, -0.2) is 0 Å². The Labute approximate surface area is 127 Å². The van der Waals surface area contributed by atoms with Crippen molar-refractivity contribution in [3.63, 3.8) is 0 Å². The van der Waals surface area contributed by atoms with Crippen LogP contribution in [-0.2, 0) is 6.42 Å². The summed E-state index contributed by atoms with van der Waals surface area (Å²) in [6.45, 7) is 9.84. The van der Waals surface area contributed by atoms with Gasteiger partial charge in [0.05, 0.1) is 0 Å². The molecule has 0 heterocycles. The summed E-state index contributed by atoms with van der Waals surface area (Å²) in [7, 11) is 0. The predicted molar refractivity (Wildman–Crippen MR) is 85.4 cm³/mol. The second-order valence-electron chi connectivity index (χ2n) is 4.62. The molecule has 108 valence electrons. The number of benzene rings is 1. The fraction of sp³-hybridized carbons (Fsp3) is 0.600. The zero-order valence-corrected chi connectivity index (χ0v) is 13.4. The molecule has 0 saturated carbocycles. The minimum Gasteiger partial charge on any atom is -0.316 e. The van der Waals surface area contributed by atoms with Crippen LogP contribution in [0.25, 0.3) is 0 Å². The third kappa shape index (κ3) is 6.62. The summed E-state index contributed by atoms with van der Waals surface area (Å²) in [5.41, 5.74) is 1.12. The molecule has 0 atom stereocenters. The summed E-state index contributed by atoms with van der Waals surface area (Å²) in [6.07, 6.45) is 2.11. The zero-order valence-electron chi connectivity index (χ0n) is 11.9. The van der Waals surface area contributed by atoms with Gasteiger partial charge in [0.2, 0.25) is 0 Å². The van der Waals surface area contributed by atoms with Crippen LogP contribution in [0.5, 0.6) is 0 Å². The van der Waals surface area contributed by atoms with Crippen LogP contribution in [0.15, 0.2) is 18.2 Å². The van der Waals surface area contributed by atoms with Gasteiger partial charge in [0, 0.05) is 10.0 Å². The fourth-order valence-corrected chi connectivity index (χ4v) is 2.46. The molecule has 0 aliphatic heterocycles. The van der Waals surface area contributed by atoms with Gasteiger partial charge < -0.3 is 10.2 Å². The van der Waals surface area contributed by atoms with Gasteiger partial charge in [0.15, 0.2) is 0 Å². The van der Waals surface area contributed by atoms with Crippen molar-refractivity contribution in [2.45, 2.75) is 26.7 Å². The molecule has 1 aromatic carbocycles. The number of halogens is 2.